The number of carbonyl (C=O) groups is 1. The zero-order valence-corrected chi connectivity index (χ0v) is 11.6. The van der Waals surface area contributed by atoms with E-state index in [0.29, 0.717) is 18.7 Å². The summed E-state index contributed by atoms with van der Waals surface area (Å²) in [6, 6.07) is 6.50. The second-order valence-electron chi connectivity index (χ2n) is 4.72. The van der Waals surface area contributed by atoms with E-state index in [1.165, 1.54) is 11.0 Å². The minimum Gasteiger partial charge on any atom is -0.340 e. The summed E-state index contributed by atoms with van der Waals surface area (Å²) >= 11 is 0. The summed E-state index contributed by atoms with van der Waals surface area (Å²) in [5.74, 6) is -0.304. The Kier molecular flexibility index (Phi) is 6.45. The van der Waals surface area contributed by atoms with Crippen molar-refractivity contribution in [3.05, 3.63) is 35.6 Å². The number of hydrogen-bond donors (Lipinski definition) is 1. The van der Waals surface area contributed by atoms with Crippen LogP contribution in [-0.4, -0.2) is 49.4 Å². The maximum Gasteiger partial charge on any atom is 0.236 e. The first kappa shape index (κ1) is 15.6. The number of nitrogens with two attached hydrogens (primary N) is 1. The summed E-state index contributed by atoms with van der Waals surface area (Å²) < 4.78 is 13.5. The molecule has 1 rings (SSSR count). The van der Waals surface area contributed by atoms with Gasteiger partial charge in [0.1, 0.15) is 5.82 Å². The molecule has 106 valence electrons. The van der Waals surface area contributed by atoms with E-state index in [1.807, 2.05) is 11.9 Å². The third-order valence-electron chi connectivity index (χ3n) is 2.94. The van der Waals surface area contributed by atoms with Crippen LogP contribution in [0.1, 0.15) is 12.0 Å². The lowest BCUT2D eigenvalue weighted by atomic mass is 10.2. The van der Waals surface area contributed by atoms with Crippen molar-refractivity contribution in [2.75, 3.05) is 33.7 Å². The Labute approximate surface area is 114 Å². The van der Waals surface area contributed by atoms with E-state index in [0.717, 1.165) is 13.0 Å². The van der Waals surface area contributed by atoms with Gasteiger partial charge in [-0.1, -0.05) is 18.2 Å². The zero-order valence-electron chi connectivity index (χ0n) is 11.6. The average Bonchev–Trinajstić information content (AvgIpc) is 2.38. The van der Waals surface area contributed by atoms with Crippen LogP contribution in [0.4, 0.5) is 4.39 Å². The minimum atomic E-state index is -0.279. The van der Waals surface area contributed by atoms with Crippen LogP contribution in [0.15, 0.2) is 24.3 Å². The fraction of sp³-hybridized carbons (Fsp3) is 0.500. The lowest BCUT2D eigenvalue weighted by molar-refractivity contribution is -0.131. The van der Waals surface area contributed by atoms with Gasteiger partial charge >= 0.3 is 0 Å². The second kappa shape index (κ2) is 7.86. The van der Waals surface area contributed by atoms with Crippen molar-refractivity contribution in [1.82, 2.24) is 9.80 Å². The van der Waals surface area contributed by atoms with Crippen molar-refractivity contribution in [3.63, 3.8) is 0 Å². The van der Waals surface area contributed by atoms with Crippen LogP contribution in [-0.2, 0) is 11.3 Å². The summed E-state index contributed by atoms with van der Waals surface area (Å²) in [5.41, 5.74) is 5.95. The molecule has 0 radical (unpaired) electrons. The Bertz CT molecular complexity index is 411. The predicted molar refractivity (Wildman–Crippen MR) is 74.0 cm³/mol. The van der Waals surface area contributed by atoms with E-state index in [2.05, 4.69) is 0 Å². The number of nitrogens with zero attached hydrogens (tertiary/aromatic N) is 2. The van der Waals surface area contributed by atoms with E-state index in [1.54, 1.807) is 25.2 Å². The maximum absolute atomic E-state index is 13.5. The van der Waals surface area contributed by atoms with Gasteiger partial charge in [0, 0.05) is 19.2 Å². The van der Waals surface area contributed by atoms with Crippen LogP contribution < -0.4 is 5.73 Å². The summed E-state index contributed by atoms with van der Waals surface area (Å²) in [4.78, 5) is 15.4. The molecule has 0 fully saturated rings. The topological polar surface area (TPSA) is 49.6 Å². The highest BCUT2D eigenvalue weighted by Crippen LogP contribution is 2.09. The Morgan fingerprint density at radius 2 is 2.00 bits per heavy atom. The summed E-state index contributed by atoms with van der Waals surface area (Å²) in [5, 5.41) is 0. The van der Waals surface area contributed by atoms with E-state index >= 15 is 0 Å². The van der Waals surface area contributed by atoms with Crippen LogP contribution in [0.2, 0.25) is 0 Å². The van der Waals surface area contributed by atoms with Gasteiger partial charge in [0.05, 0.1) is 6.54 Å². The monoisotopic (exact) mass is 267 g/mol. The molecule has 0 aliphatic rings. The lowest BCUT2D eigenvalue weighted by Gasteiger charge is -2.22. The van der Waals surface area contributed by atoms with Crippen molar-refractivity contribution < 1.29 is 9.18 Å². The third-order valence-corrected chi connectivity index (χ3v) is 2.94. The molecule has 0 saturated carbocycles. The molecule has 1 amide bonds. The molecular weight excluding hydrogens is 245 g/mol. The molecule has 0 saturated heterocycles. The molecule has 0 bridgehead atoms. The Balaban J connectivity index is 2.47. The molecule has 0 atom stereocenters. The van der Waals surface area contributed by atoms with Crippen molar-refractivity contribution in [3.8, 4) is 0 Å². The van der Waals surface area contributed by atoms with Crippen LogP contribution in [0, 0.1) is 5.82 Å². The largest absolute Gasteiger partial charge is 0.340 e. The normalized spacial score (nSPS) is 10.8. The number of likely N-dealkylation sites (N-methyl/N-ethyl adjacent to an activating group) is 2. The van der Waals surface area contributed by atoms with Gasteiger partial charge < -0.3 is 10.6 Å². The number of carbonyl (C=O) groups excluding carboxylic acids is 1. The molecule has 4 nitrogen and oxygen atoms in total. The SMILES string of the molecule is CN(CCCN)CC(=O)N(C)Cc1ccccc1F. The Morgan fingerprint density at radius 3 is 2.63 bits per heavy atom. The molecule has 19 heavy (non-hydrogen) atoms. The fourth-order valence-electron chi connectivity index (χ4n) is 1.76. The van der Waals surface area contributed by atoms with Crippen LogP contribution in [0.25, 0.3) is 0 Å². The molecule has 1 aromatic carbocycles. The molecule has 0 aliphatic carbocycles. The van der Waals surface area contributed by atoms with E-state index in [4.69, 9.17) is 5.73 Å². The van der Waals surface area contributed by atoms with E-state index < -0.39 is 0 Å². The molecule has 1 aromatic rings. The van der Waals surface area contributed by atoms with Crippen molar-refractivity contribution in [2.45, 2.75) is 13.0 Å². The predicted octanol–water partition coefficient (Wildman–Crippen LogP) is 1.06. The van der Waals surface area contributed by atoms with E-state index in [9.17, 15) is 9.18 Å². The molecular formula is C14H22FN3O. The number of hydrogen-bond acceptors (Lipinski definition) is 3. The number of rotatable bonds is 7. The highest BCUT2D eigenvalue weighted by atomic mass is 19.1. The number of benzene rings is 1. The fourth-order valence-corrected chi connectivity index (χ4v) is 1.76. The summed E-state index contributed by atoms with van der Waals surface area (Å²) in [6.07, 6.45) is 0.862. The lowest BCUT2D eigenvalue weighted by Crippen LogP contribution is -2.37. The first-order valence-corrected chi connectivity index (χ1v) is 6.40. The van der Waals surface area contributed by atoms with Gasteiger partial charge in [0.25, 0.3) is 0 Å². The van der Waals surface area contributed by atoms with Gasteiger partial charge in [0.2, 0.25) is 5.91 Å². The van der Waals surface area contributed by atoms with Crippen LogP contribution >= 0.6 is 0 Å². The standard InChI is InChI=1S/C14H22FN3O/c1-17(9-5-8-16)11-14(19)18(2)10-12-6-3-4-7-13(12)15/h3-4,6-7H,5,8-11,16H2,1-2H3. The first-order valence-electron chi connectivity index (χ1n) is 6.40. The second-order valence-corrected chi connectivity index (χ2v) is 4.72. The molecule has 2 N–H and O–H groups in total. The summed E-state index contributed by atoms with van der Waals surface area (Å²) in [6.45, 7) is 2.01. The van der Waals surface area contributed by atoms with Crippen molar-refractivity contribution >= 4 is 5.91 Å². The number of amides is 1. The van der Waals surface area contributed by atoms with Crippen molar-refractivity contribution in [1.29, 1.82) is 0 Å². The zero-order chi connectivity index (χ0) is 14.3. The smallest absolute Gasteiger partial charge is 0.236 e. The van der Waals surface area contributed by atoms with Crippen molar-refractivity contribution in [2.24, 2.45) is 5.73 Å². The molecule has 0 aliphatic heterocycles. The maximum atomic E-state index is 13.5. The Morgan fingerprint density at radius 1 is 1.32 bits per heavy atom. The Hall–Kier alpha value is -1.46. The van der Waals surface area contributed by atoms with Gasteiger partial charge in [-0.2, -0.15) is 0 Å². The summed E-state index contributed by atoms with van der Waals surface area (Å²) in [7, 11) is 3.57. The van der Waals surface area contributed by atoms with Gasteiger partial charge in [-0.15, -0.1) is 0 Å². The van der Waals surface area contributed by atoms with Gasteiger partial charge in [-0.3, -0.25) is 9.69 Å². The third kappa shape index (κ3) is 5.36. The molecule has 0 heterocycles. The number of halogens is 1. The van der Waals surface area contributed by atoms with E-state index in [-0.39, 0.29) is 18.3 Å². The minimum absolute atomic E-state index is 0.0252. The molecule has 0 spiro atoms. The molecule has 0 unspecified atom stereocenters. The van der Waals surface area contributed by atoms with Gasteiger partial charge in [-0.25, -0.2) is 4.39 Å². The average molecular weight is 267 g/mol. The van der Waals surface area contributed by atoms with Gasteiger partial charge in [0.15, 0.2) is 0 Å². The molecule has 5 heteroatoms. The van der Waals surface area contributed by atoms with Crippen LogP contribution in [0.5, 0.6) is 0 Å². The first-order chi connectivity index (χ1) is 9.04. The van der Waals surface area contributed by atoms with Crippen LogP contribution in [0.3, 0.4) is 0 Å². The van der Waals surface area contributed by atoms with Gasteiger partial charge in [-0.05, 0) is 32.6 Å². The quantitative estimate of drug-likeness (QED) is 0.804. The highest BCUT2D eigenvalue weighted by molar-refractivity contribution is 5.77. The highest BCUT2D eigenvalue weighted by Gasteiger charge is 2.13. The molecule has 0 aromatic heterocycles.